The van der Waals surface area contributed by atoms with Crippen LogP contribution in [-0.4, -0.2) is 15.0 Å². The van der Waals surface area contributed by atoms with Gasteiger partial charge in [0.2, 0.25) is 5.95 Å². The number of halogens is 3. The lowest BCUT2D eigenvalue weighted by Crippen LogP contribution is -2.01. The monoisotopic (exact) mass is 305 g/mol. The van der Waals surface area contributed by atoms with Crippen molar-refractivity contribution in [2.75, 3.05) is 11.1 Å². The highest BCUT2D eigenvalue weighted by Crippen LogP contribution is 2.22. The molecular formula is C14H10F3N5. The lowest BCUT2D eigenvalue weighted by atomic mass is 10.2. The molecule has 0 spiro atoms. The molecule has 8 heteroatoms. The number of aromatic nitrogens is 3. The lowest BCUT2D eigenvalue weighted by molar-refractivity contribution is 0.448. The van der Waals surface area contributed by atoms with Crippen LogP contribution in [0.1, 0.15) is 5.69 Å². The molecule has 0 fully saturated rings. The van der Waals surface area contributed by atoms with Gasteiger partial charge >= 0.3 is 0 Å². The van der Waals surface area contributed by atoms with E-state index in [1.807, 2.05) is 0 Å². The fourth-order valence-corrected chi connectivity index (χ4v) is 2.03. The third kappa shape index (κ3) is 2.50. The number of nitrogens with one attached hydrogen (secondary N) is 1. The first-order valence-electron chi connectivity index (χ1n) is 6.26. The van der Waals surface area contributed by atoms with Crippen LogP contribution in [0, 0.1) is 24.4 Å². The van der Waals surface area contributed by atoms with Crippen LogP contribution in [0.5, 0.6) is 0 Å². The first-order valence-corrected chi connectivity index (χ1v) is 6.26. The van der Waals surface area contributed by atoms with Gasteiger partial charge in [0.1, 0.15) is 11.3 Å². The molecule has 0 aliphatic heterocycles. The number of fused-ring (bicyclic) bond motifs is 1. The number of benzene rings is 1. The second-order valence-electron chi connectivity index (χ2n) is 4.61. The van der Waals surface area contributed by atoms with E-state index in [4.69, 9.17) is 5.73 Å². The fraction of sp³-hybridized carbons (Fsp3) is 0.0714. The zero-order valence-corrected chi connectivity index (χ0v) is 11.4. The van der Waals surface area contributed by atoms with Gasteiger partial charge in [-0.25, -0.2) is 28.1 Å². The Hall–Kier alpha value is -2.90. The molecule has 0 atom stereocenters. The first kappa shape index (κ1) is 14.1. The average molecular weight is 305 g/mol. The van der Waals surface area contributed by atoms with E-state index in [-0.39, 0.29) is 11.6 Å². The maximum absolute atomic E-state index is 13.2. The summed E-state index contributed by atoms with van der Waals surface area (Å²) in [6, 6.07) is 4.90. The van der Waals surface area contributed by atoms with Gasteiger partial charge in [0.05, 0.1) is 11.2 Å². The zero-order valence-electron chi connectivity index (χ0n) is 11.4. The normalized spacial score (nSPS) is 10.9. The zero-order chi connectivity index (χ0) is 15.9. The molecule has 0 amide bonds. The van der Waals surface area contributed by atoms with Gasteiger partial charge in [-0.3, -0.25) is 0 Å². The van der Waals surface area contributed by atoms with Crippen molar-refractivity contribution in [3.05, 3.63) is 47.4 Å². The van der Waals surface area contributed by atoms with E-state index in [0.717, 1.165) is 12.1 Å². The van der Waals surface area contributed by atoms with Crippen molar-refractivity contribution < 1.29 is 13.2 Å². The van der Waals surface area contributed by atoms with Gasteiger partial charge in [0.25, 0.3) is 0 Å². The van der Waals surface area contributed by atoms with E-state index < -0.39 is 17.5 Å². The fourth-order valence-electron chi connectivity index (χ4n) is 2.03. The van der Waals surface area contributed by atoms with Crippen molar-refractivity contribution in [3.8, 4) is 0 Å². The van der Waals surface area contributed by atoms with Crippen LogP contribution in [0.2, 0.25) is 0 Å². The molecule has 0 aliphatic rings. The predicted octanol–water partition coefficient (Wildman–Crippen LogP) is 3.08. The Morgan fingerprint density at radius 1 is 1.00 bits per heavy atom. The number of hydrogen-bond acceptors (Lipinski definition) is 5. The summed E-state index contributed by atoms with van der Waals surface area (Å²) in [4.78, 5) is 12.3. The summed E-state index contributed by atoms with van der Waals surface area (Å²) < 4.78 is 39.3. The number of nitrogens with two attached hydrogens (primary N) is 1. The smallest absolute Gasteiger partial charge is 0.220 e. The molecule has 3 rings (SSSR count). The molecule has 1 aromatic carbocycles. The van der Waals surface area contributed by atoms with E-state index >= 15 is 0 Å². The lowest BCUT2D eigenvalue weighted by Gasteiger charge is -2.08. The van der Waals surface area contributed by atoms with Crippen molar-refractivity contribution in [1.29, 1.82) is 0 Å². The highest BCUT2D eigenvalue weighted by atomic mass is 19.2. The van der Waals surface area contributed by atoms with Crippen LogP contribution in [0.4, 0.5) is 30.6 Å². The van der Waals surface area contributed by atoms with Crippen molar-refractivity contribution in [1.82, 2.24) is 15.0 Å². The van der Waals surface area contributed by atoms with E-state index in [2.05, 4.69) is 20.3 Å². The van der Waals surface area contributed by atoms with Gasteiger partial charge in [-0.15, -0.1) is 0 Å². The molecule has 2 heterocycles. The summed E-state index contributed by atoms with van der Waals surface area (Å²) in [7, 11) is 0. The maximum Gasteiger partial charge on any atom is 0.220 e. The molecule has 3 aromatic rings. The number of aryl methyl sites for hydroxylation is 1. The third-order valence-electron chi connectivity index (χ3n) is 2.99. The van der Waals surface area contributed by atoms with Gasteiger partial charge in [0.15, 0.2) is 17.5 Å². The molecular weight excluding hydrogens is 295 g/mol. The standard InChI is InChI=1S/C14H10F3N5/c1-6-13-10(21-14(18)19-6)2-3-11(22-13)20-7-4-8(15)12(17)9(16)5-7/h2-5H,1H3,(H,20,22)(H2,18,19,21). The summed E-state index contributed by atoms with van der Waals surface area (Å²) in [5, 5.41) is 2.70. The molecule has 2 aromatic heterocycles. The van der Waals surface area contributed by atoms with E-state index in [0.29, 0.717) is 22.5 Å². The molecule has 0 aliphatic carbocycles. The minimum atomic E-state index is -1.52. The Balaban J connectivity index is 2.01. The minimum absolute atomic E-state index is 0.0391. The quantitative estimate of drug-likeness (QED) is 0.712. The number of pyridine rings is 1. The summed E-state index contributed by atoms with van der Waals surface area (Å²) in [5.41, 5.74) is 7.21. The second kappa shape index (κ2) is 5.14. The van der Waals surface area contributed by atoms with Crippen LogP contribution in [0.25, 0.3) is 11.0 Å². The summed E-state index contributed by atoms with van der Waals surface area (Å²) in [6.45, 7) is 1.72. The van der Waals surface area contributed by atoms with E-state index in [1.54, 1.807) is 19.1 Å². The highest BCUT2D eigenvalue weighted by Gasteiger charge is 2.11. The predicted molar refractivity (Wildman–Crippen MR) is 76.1 cm³/mol. The highest BCUT2D eigenvalue weighted by molar-refractivity contribution is 5.79. The van der Waals surface area contributed by atoms with Crippen molar-refractivity contribution in [2.45, 2.75) is 6.92 Å². The SMILES string of the molecule is Cc1nc(N)nc2ccc(Nc3cc(F)c(F)c(F)c3)nc12. The molecule has 0 unspecified atom stereocenters. The second-order valence-corrected chi connectivity index (χ2v) is 4.61. The van der Waals surface area contributed by atoms with Crippen LogP contribution in [0.15, 0.2) is 24.3 Å². The summed E-state index contributed by atoms with van der Waals surface area (Å²) >= 11 is 0. The molecule has 22 heavy (non-hydrogen) atoms. The number of anilines is 3. The Bertz CT molecular complexity index is 859. The van der Waals surface area contributed by atoms with Crippen LogP contribution in [0.3, 0.4) is 0 Å². The van der Waals surface area contributed by atoms with Crippen molar-refractivity contribution >= 4 is 28.5 Å². The van der Waals surface area contributed by atoms with Crippen LogP contribution >= 0.6 is 0 Å². The van der Waals surface area contributed by atoms with Crippen LogP contribution in [-0.2, 0) is 0 Å². The number of hydrogen-bond donors (Lipinski definition) is 2. The van der Waals surface area contributed by atoms with E-state index in [9.17, 15) is 13.2 Å². The van der Waals surface area contributed by atoms with Crippen molar-refractivity contribution in [3.63, 3.8) is 0 Å². The largest absolute Gasteiger partial charge is 0.368 e. The Morgan fingerprint density at radius 3 is 2.36 bits per heavy atom. The Labute approximate surface area is 123 Å². The molecule has 0 radical (unpaired) electrons. The third-order valence-corrected chi connectivity index (χ3v) is 2.99. The molecule has 0 saturated carbocycles. The Morgan fingerprint density at radius 2 is 1.68 bits per heavy atom. The van der Waals surface area contributed by atoms with Gasteiger partial charge in [-0.1, -0.05) is 0 Å². The molecule has 3 N–H and O–H groups in total. The van der Waals surface area contributed by atoms with Gasteiger partial charge in [-0.05, 0) is 19.1 Å². The summed E-state index contributed by atoms with van der Waals surface area (Å²) in [6.07, 6.45) is 0. The van der Waals surface area contributed by atoms with Gasteiger partial charge in [0, 0.05) is 17.8 Å². The number of nitrogen functional groups attached to an aromatic ring is 1. The van der Waals surface area contributed by atoms with Gasteiger partial charge < -0.3 is 11.1 Å². The maximum atomic E-state index is 13.2. The number of nitrogens with zero attached hydrogens (tertiary/aromatic N) is 3. The van der Waals surface area contributed by atoms with Gasteiger partial charge in [-0.2, -0.15) is 0 Å². The molecule has 0 saturated heterocycles. The van der Waals surface area contributed by atoms with Crippen LogP contribution < -0.4 is 11.1 Å². The average Bonchev–Trinajstić information content (AvgIpc) is 2.45. The molecule has 0 bridgehead atoms. The molecule has 5 nitrogen and oxygen atoms in total. The topological polar surface area (TPSA) is 76.7 Å². The first-order chi connectivity index (χ1) is 10.4. The molecule has 112 valence electrons. The Kier molecular flexibility index (Phi) is 3.28. The number of rotatable bonds is 2. The summed E-state index contributed by atoms with van der Waals surface area (Å²) in [5.74, 6) is -3.63. The van der Waals surface area contributed by atoms with E-state index in [1.165, 1.54) is 0 Å². The minimum Gasteiger partial charge on any atom is -0.368 e. The van der Waals surface area contributed by atoms with Crippen molar-refractivity contribution in [2.24, 2.45) is 0 Å².